The van der Waals surface area contributed by atoms with Crippen LogP contribution in [0.2, 0.25) is 20.1 Å². The maximum atomic E-state index is 12.9. The highest BCUT2D eigenvalue weighted by Crippen LogP contribution is 2.37. The van der Waals surface area contributed by atoms with Crippen LogP contribution < -0.4 is 20.9 Å². The van der Waals surface area contributed by atoms with Gasteiger partial charge in [0.05, 0.1) is 42.9 Å². The molecule has 0 aliphatic carbocycles. The number of aromatic nitrogens is 4. The van der Waals surface area contributed by atoms with Crippen molar-refractivity contribution in [3.63, 3.8) is 0 Å². The van der Waals surface area contributed by atoms with Gasteiger partial charge in [0, 0.05) is 63.7 Å². The van der Waals surface area contributed by atoms with Gasteiger partial charge in [-0.3, -0.25) is 23.7 Å². The van der Waals surface area contributed by atoms with Crippen molar-refractivity contribution in [1.29, 1.82) is 0 Å². The van der Waals surface area contributed by atoms with E-state index in [1.165, 1.54) is 13.8 Å². The third-order valence-electron chi connectivity index (χ3n) is 9.51. The first-order valence-electron chi connectivity index (χ1n) is 17.4. The number of alkyl halides is 6. The van der Waals surface area contributed by atoms with Crippen LogP contribution in [-0.4, -0.2) is 99.9 Å². The van der Waals surface area contributed by atoms with E-state index in [0.717, 1.165) is 20.7 Å². The minimum atomic E-state index is -4.68. The lowest BCUT2D eigenvalue weighted by Gasteiger charge is -2.36. The summed E-state index contributed by atoms with van der Waals surface area (Å²) in [5.41, 5.74) is 6.35. The molecule has 23 heteroatoms. The molecule has 0 spiro atoms. The van der Waals surface area contributed by atoms with Gasteiger partial charge in [-0.05, 0) is 50.2 Å². The zero-order chi connectivity index (χ0) is 42.7. The number of anilines is 4. The Morgan fingerprint density at radius 2 is 1.09 bits per heavy atom. The molecule has 2 fully saturated rings. The van der Waals surface area contributed by atoms with Gasteiger partial charge in [0.2, 0.25) is 18.2 Å². The number of amides is 3. The second kappa shape index (κ2) is 18.1. The molecule has 2 aromatic heterocycles. The van der Waals surface area contributed by atoms with E-state index >= 15 is 0 Å². The van der Waals surface area contributed by atoms with Gasteiger partial charge >= 0.3 is 12.4 Å². The molecule has 0 saturated carbocycles. The average molecular weight is 901 g/mol. The predicted octanol–water partition coefficient (Wildman–Crippen LogP) is 6.88. The summed E-state index contributed by atoms with van der Waals surface area (Å²) >= 11 is 23.4. The van der Waals surface area contributed by atoms with Gasteiger partial charge in [-0.1, -0.05) is 46.4 Å². The van der Waals surface area contributed by atoms with Crippen molar-refractivity contribution in [2.45, 2.75) is 39.3 Å². The van der Waals surface area contributed by atoms with Gasteiger partial charge in [0.1, 0.15) is 13.1 Å². The topological polar surface area (TPSA) is 138 Å². The lowest BCUT2D eigenvalue weighted by molar-refractivity contribution is -0.142. The van der Waals surface area contributed by atoms with Crippen LogP contribution in [0, 0.1) is 13.8 Å². The summed E-state index contributed by atoms with van der Waals surface area (Å²) < 4.78 is 79.6. The number of benzene rings is 2. The number of piperazine rings is 2. The Bertz CT molecular complexity index is 2150. The van der Waals surface area contributed by atoms with Crippen LogP contribution in [-0.2, 0) is 39.8 Å². The Morgan fingerprint density at radius 1 is 0.690 bits per heavy atom. The third-order valence-corrected chi connectivity index (χ3v) is 11.1. The van der Waals surface area contributed by atoms with E-state index in [4.69, 9.17) is 52.1 Å². The number of hydrogen-bond acceptors (Lipinski definition) is 8. The van der Waals surface area contributed by atoms with Crippen LogP contribution in [0.4, 0.5) is 49.1 Å². The molecule has 2 saturated heterocycles. The van der Waals surface area contributed by atoms with E-state index in [1.807, 2.05) is 17.0 Å². The summed E-state index contributed by atoms with van der Waals surface area (Å²) in [5.74, 6) is -0.656. The molecule has 2 aromatic carbocycles. The molecule has 4 aromatic rings. The molecule has 3 N–H and O–H groups in total. The molecule has 2 aliphatic rings. The summed E-state index contributed by atoms with van der Waals surface area (Å²) in [6.45, 7) is 5.98. The highest BCUT2D eigenvalue weighted by Gasteiger charge is 2.40. The molecule has 0 bridgehead atoms. The van der Waals surface area contributed by atoms with E-state index in [9.17, 15) is 40.7 Å². The summed E-state index contributed by atoms with van der Waals surface area (Å²) in [6.07, 6.45) is -8.81. The molecule has 0 unspecified atom stereocenters. The van der Waals surface area contributed by atoms with Crippen LogP contribution in [0.1, 0.15) is 22.8 Å². The normalized spacial score (nSPS) is 15.0. The first-order valence-corrected chi connectivity index (χ1v) is 18.9. The van der Waals surface area contributed by atoms with Crippen molar-refractivity contribution < 1.29 is 40.7 Å². The number of hydrogen-bond donors (Lipinski definition) is 2. The second-order valence-electron chi connectivity index (χ2n) is 13.2. The highest BCUT2D eigenvalue weighted by atomic mass is 35.5. The number of nitrogens with one attached hydrogen (secondary N) is 1. The number of rotatable bonds is 8. The number of carbonyl (C=O) groups is 3. The van der Waals surface area contributed by atoms with E-state index in [0.29, 0.717) is 80.2 Å². The Balaban J connectivity index is 0.000000221. The van der Waals surface area contributed by atoms with E-state index in [2.05, 4.69) is 20.4 Å². The standard InChI is InChI=1S/C18H18Cl2F3N5O2.C17H18Cl2F3N5O/c1-11-16(20)17(18(21,22)23)25-28(11)9-15(30)27-6-4-26(5-7-27)12-2-3-13(19)14(8-12)24-10-29;1-10-15(19)16(17(20,21)22)24-27(10)9-14(28)26-6-4-25(5-7-26)11-2-3-12(18)13(23)8-11/h2-3,8,10H,4-7,9H2,1H3,(H,24,29);2-3,8H,4-7,9,23H2,1H3. The summed E-state index contributed by atoms with van der Waals surface area (Å²) in [7, 11) is 0. The van der Waals surface area contributed by atoms with Gasteiger partial charge in [0.25, 0.3) is 0 Å². The lowest BCUT2D eigenvalue weighted by Crippen LogP contribution is -2.49. The molecule has 0 atom stereocenters. The van der Waals surface area contributed by atoms with Crippen LogP contribution in [0.3, 0.4) is 0 Å². The Labute approximate surface area is 348 Å². The minimum Gasteiger partial charge on any atom is -0.397 e. The number of nitrogen functional groups attached to an aromatic ring is 1. The van der Waals surface area contributed by atoms with Gasteiger partial charge in [0.15, 0.2) is 11.4 Å². The predicted molar refractivity (Wildman–Crippen MR) is 209 cm³/mol. The van der Waals surface area contributed by atoms with Gasteiger partial charge < -0.3 is 30.7 Å². The summed E-state index contributed by atoms with van der Waals surface area (Å²) in [5, 5.41) is 9.37. The molecule has 3 amide bonds. The van der Waals surface area contributed by atoms with Crippen molar-refractivity contribution >= 4 is 87.4 Å². The molecule has 4 heterocycles. The number of halogens is 10. The fourth-order valence-corrected chi connectivity index (χ4v) is 6.99. The van der Waals surface area contributed by atoms with E-state index < -0.39 is 33.8 Å². The zero-order valence-corrected chi connectivity index (χ0v) is 33.8. The summed E-state index contributed by atoms with van der Waals surface area (Å²) in [6, 6.07) is 10.6. The Hall–Kier alpha value is -4.59. The lowest BCUT2D eigenvalue weighted by atomic mass is 10.2. The molecule has 6 rings (SSSR count). The first-order chi connectivity index (χ1) is 27.2. The van der Waals surface area contributed by atoms with Crippen LogP contribution >= 0.6 is 46.4 Å². The average Bonchev–Trinajstić information content (AvgIpc) is 3.63. The summed E-state index contributed by atoms with van der Waals surface area (Å²) in [4.78, 5) is 43.0. The molecule has 2 aliphatic heterocycles. The molecular weight excluding hydrogens is 864 g/mol. The molecule has 58 heavy (non-hydrogen) atoms. The van der Waals surface area contributed by atoms with Crippen LogP contribution in [0.5, 0.6) is 0 Å². The Morgan fingerprint density at radius 3 is 1.45 bits per heavy atom. The zero-order valence-electron chi connectivity index (χ0n) is 30.8. The maximum Gasteiger partial charge on any atom is 0.436 e. The number of carbonyl (C=O) groups excluding carboxylic acids is 3. The van der Waals surface area contributed by atoms with Crippen LogP contribution in [0.25, 0.3) is 0 Å². The van der Waals surface area contributed by atoms with Crippen molar-refractivity contribution in [3.8, 4) is 0 Å². The smallest absolute Gasteiger partial charge is 0.397 e. The van der Waals surface area contributed by atoms with Gasteiger partial charge in [-0.2, -0.15) is 36.5 Å². The van der Waals surface area contributed by atoms with Crippen molar-refractivity contribution in [2.24, 2.45) is 0 Å². The molecule has 13 nitrogen and oxygen atoms in total. The Kier molecular flexibility index (Phi) is 13.9. The highest BCUT2D eigenvalue weighted by molar-refractivity contribution is 6.34. The van der Waals surface area contributed by atoms with Crippen molar-refractivity contribution in [1.82, 2.24) is 29.4 Å². The van der Waals surface area contributed by atoms with E-state index in [-0.39, 0.29) is 36.3 Å². The fraction of sp³-hybridized carbons (Fsp3) is 0.400. The fourth-order valence-electron chi connectivity index (χ4n) is 6.21. The van der Waals surface area contributed by atoms with Crippen molar-refractivity contribution in [3.05, 3.63) is 79.3 Å². The maximum absolute atomic E-state index is 12.9. The molecule has 314 valence electrons. The SMILES string of the molecule is Cc1c(Cl)c(C(F)(F)F)nn1CC(=O)N1CCN(c2ccc(Cl)c(N)c2)CC1.Cc1c(Cl)c(C(F)(F)F)nn1CC(=O)N1CCN(c2ccc(Cl)c(NC=O)c2)CC1. The molecular formula is C35H36Cl4F6N10O3. The third kappa shape index (κ3) is 10.3. The van der Waals surface area contributed by atoms with E-state index in [1.54, 1.807) is 34.1 Å². The first kappa shape index (κ1) is 44.5. The largest absolute Gasteiger partial charge is 0.436 e. The molecule has 0 radical (unpaired) electrons. The number of nitrogens with two attached hydrogens (primary N) is 1. The van der Waals surface area contributed by atoms with Crippen LogP contribution in [0.15, 0.2) is 36.4 Å². The van der Waals surface area contributed by atoms with Gasteiger partial charge in [-0.15, -0.1) is 0 Å². The minimum absolute atomic E-state index is 0.0901. The quantitative estimate of drug-likeness (QED) is 0.111. The van der Waals surface area contributed by atoms with Gasteiger partial charge in [-0.25, -0.2) is 0 Å². The van der Waals surface area contributed by atoms with Crippen molar-refractivity contribution in [2.75, 3.05) is 73.2 Å². The monoisotopic (exact) mass is 898 g/mol. The number of nitrogens with zero attached hydrogens (tertiary/aromatic N) is 8. The second-order valence-corrected chi connectivity index (χ2v) is 14.7.